The van der Waals surface area contributed by atoms with Gasteiger partial charge in [-0.3, -0.25) is 4.79 Å². The second kappa shape index (κ2) is 11.0. The number of nitrogens with zero attached hydrogens (tertiary/aromatic N) is 3. The van der Waals surface area contributed by atoms with Crippen LogP contribution in [-0.2, 0) is 21.6 Å². The molecule has 2 amide bonds. The summed E-state index contributed by atoms with van der Waals surface area (Å²) in [5.41, 5.74) is 0.252. The Labute approximate surface area is 232 Å². The maximum absolute atomic E-state index is 14.5. The van der Waals surface area contributed by atoms with Crippen molar-refractivity contribution in [3.8, 4) is 12.1 Å². The molecule has 1 aliphatic heterocycles. The molecule has 0 fully saturated rings. The molecule has 0 aliphatic carbocycles. The maximum Gasteiger partial charge on any atom is 0.408 e. The van der Waals surface area contributed by atoms with E-state index in [1.54, 1.807) is 62.1 Å². The molecule has 0 spiro atoms. The number of allylic oxidation sites excluding steroid dienone is 1. The number of hydrogen-bond donors (Lipinski definition) is 1. The number of amides is 2. The summed E-state index contributed by atoms with van der Waals surface area (Å²) in [6, 6.07) is 27.3. The van der Waals surface area contributed by atoms with Crippen molar-refractivity contribution < 1.29 is 14.3 Å². The predicted molar refractivity (Wildman–Crippen MR) is 149 cm³/mol. The van der Waals surface area contributed by atoms with Crippen molar-refractivity contribution in [2.75, 3.05) is 4.90 Å². The second-order valence-corrected chi connectivity index (χ2v) is 10.6. The van der Waals surface area contributed by atoms with E-state index in [0.29, 0.717) is 27.4 Å². The number of nitriles is 2. The third kappa shape index (κ3) is 5.80. The molecule has 39 heavy (non-hydrogen) atoms. The molecule has 1 atom stereocenters. The van der Waals surface area contributed by atoms with Crippen molar-refractivity contribution in [3.63, 3.8) is 0 Å². The summed E-state index contributed by atoms with van der Waals surface area (Å²) < 4.78 is 5.57. The Morgan fingerprint density at radius 3 is 2.21 bits per heavy atom. The van der Waals surface area contributed by atoms with E-state index in [4.69, 9.17) is 16.3 Å². The maximum atomic E-state index is 14.5. The lowest BCUT2D eigenvalue weighted by atomic mass is 9.81. The molecular weight excluding hydrogens is 512 g/mol. The van der Waals surface area contributed by atoms with Crippen molar-refractivity contribution in [2.24, 2.45) is 0 Å². The molecule has 1 N–H and O–H groups in total. The molecule has 1 aliphatic rings. The summed E-state index contributed by atoms with van der Waals surface area (Å²) in [6.07, 6.45) is -0.955. The third-order valence-corrected chi connectivity index (χ3v) is 6.57. The molecule has 0 radical (unpaired) electrons. The summed E-state index contributed by atoms with van der Waals surface area (Å²) in [5, 5.41) is 23.0. The smallest absolute Gasteiger partial charge is 0.408 e. The predicted octanol–water partition coefficient (Wildman–Crippen LogP) is 6.50. The summed E-state index contributed by atoms with van der Waals surface area (Å²) >= 11 is 6.10. The van der Waals surface area contributed by atoms with Gasteiger partial charge in [-0.05, 0) is 55.7 Å². The number of hydrogen-bond acceptors (Lipinski definition) is 5. The van der Waals surface area contributed by atoms with Crippen LogP contribution in [0.15, 0.2) is 84.4 Å². The average molecular weight is 539 g/mol. The molecular formula is C31H27ClN4O3. The van der Waals surface area contributed by atoms with Crippen LogP contribution in [-0.4, -0.2) is 17.6 Å². The van der Waals surface area contributed by atoms with Gasteiger partial charge in [-0.2, -0.15) is 10.5 Å². The summed E-state index contributed by atoms with van der Waals surface area (Å²) in [4.78, 5) is 29.3. The molecule has 0 saturated carbocycles. The number of alkyl carbamates (subject to hydrolysis) is 1. The van der Waals surface area contributed by atoms with E-state index < -0.39 is 23.1 Å². The van der Waals surface area contributed by atoms with Gasteiger partial charge in [-0.1, -0.05) is 72.3 Å². The fourth-order valence-electron chi connectivity index (χ4n) is 4.67. The first-order valence-electron chi connectivity index (χ1n) is 12.3. The topological polar surface area (TPSA) is 106 Å². The zero-order valence-corrected chi connectivity index (χ0v) is 22.6. The lowest BCUT2D eigenvalue weighted by molar-refractivity contribution is -0.124. The van der Waals surface area contributed by atoms with Gasteiger partial charge in [-0.15, -0.1) is 0 Å². The highest BCUT2D eigenvalue weighted by atomic mass is 35.5. The zero-order chi connectivity index (χ0) is 28.2. The first-order chi connectivity index (χ1) is 18.6. The zero-order valence-electron chi connectivity index (χ0n) is 21.9. The Morgan fingerprint density at radius 2 is 1.59 bits per heavy atom. The van der Waals surface area contributed by atoms with Crippen molar-refractivity contribution in [3.05, 3.63) is 106 Å². The van der Waals surface area contributed by atoms with Gasteiger partial charge in [0.05, 0.1) is 12.2 Å². The molecule has 0 bridgehead atoms. The van der Waals surface area contributed by atoms with Crippen LogP contribution < -0.4 is 10.2 Å². The van der Waals surface area contributed by atoms with Crippen LogP contribution in [0.5, 0.6) is 0 Å². The molecule has 4 rings (SSSR count). The second-order valence-electron chi connectivity index (χ2n) is 10.2. The van der Waals surface area contributed by atoms with Gasteiger partial charge in [-0.25, -0.2) is 4.79 Å². The van der Waals surface area contributed by atoms with Crippen LogP contribution in [0.1, 0.15) is 43.9 Å². The monoisotopic (exact) mass is 538 g/mol. The Kier molecular flexibility index (Phi) is 7.76. The summed E-state index contributed by atoms with van der Waals surface area (Å²) in [5.74, 6) is -0.403. The molecule has 0 aromatic heterocycles. The van der Waals surface area contributed by atoms with Crippen LogP contribution >= 0.6 is 11.6 Å². The quantitative estimate of drug-likeness (QED) is 0.361. The molecule has 1 heterocycles. The largest absolute Gasteiger partial charge is 0.444 e. The Hall–Kier alpha value is -4.59. The van der Waals surface area contributed by atoms with Crippen molar-refractivity contribution >= 4 is 34.9 Å². The molecule has 0 saturated heterocycles. The fourth-order valence-corrected chi connectivity index (χ4v) is 4.80. The molecule has 0 unspecified atom stereocenters. The van der Waals surface area contributed by atoms with Crippen molar-refractivity contribution in [1.29, 1.82) is 10.5 Å². The number of rotatable bonds is 6. The minimum Gasteiger partial charge on any atom is -0.444 e. The summed E-state index contributed by atoms with van der Waals surface area (Å²) in [6.45, 7) is 5.45. The number of benzene rings is 3. The number of halogens is 1. The van der Waals surface area contributed by atoms with Crippen LogP contribution in [0.3, 0.4) is 0 Å². The number of ether oxygens (including phenoxy) is 1. The number of carbonyl (C=O) groups excluding carboxylic acids is 2. The van der Waals surface area contributed by atoms with Gasteiger partial charge in [0.25, 0.3) is 5.91 Å². The normalized spacial score (nSPS) is 16.1. The van der Waals surface area contributed by atoms with E-state index in [1.165, 1.54) is 0 Å². The SMILES string of the molecule is CC(C)(C)OC(=O)N[C@@]1(CC(=C(C#N)C#N)c2ccc(Cl)cc2)C(=O)N(Cc2ccccc2)c2ccccc21. The number of para-hydroxylation sites is 1. The van der Waals surface area contributed by atoms with Gasteiger partial charge in [0.1, 0.15) is 23.3 Å². The molecule has 7 nitrogen and oxygen atoms in total. The van der Waals surface area contributed by atoms with Crippen LogP contribution in [0.25, 0.3) is 5.57 Å². The number of fused-ring (bicyclic) bond motifs is 1. The first kappa shape index (κ1) is 27.4. The van der Waals surface area contributed by atoms with Crippen molar-refractivity contribution in [1.82, 2.24) is 5.32 Å². The fraction of sp³-hybridized carbons (Fsp3) is 0.226. The van der Waals surface area contributed by atoms with Crippen molar-refractivity contribution in [2.45, 2.75) is 44.9 Å². The Bertz CT molecular complexity index is 1500. The third-order valence-electron chi connectivity index (χ3n) is 6.32. The number of carbonyl (C=O) groups is 2. The van der Waals surface area contributed by atoms with Gasteiger partial charge in [0.2, 0.25) is 0 Å². The molecule has 3 aromatic carbocycles. The van der Waals surface area contributed by atoms with E-state index in [9.17, 15) is 20.1 Å². The number of anilines is 1. The van der Waals surface area contributed by atoms with Gasteiger partial charge in [0, 0.05) is 17.0 Å². The Balaban J connectivity index is 1.91. The van der Waals surface area contributed by atoms with Gasteiger partial charge >= 0.3 is 6.09 Å². The van der Waals surface area contributed by atoms with Crippen LogP contribution in [0.4, 0.5) is 10.5 Å². The van der Waals surface area contributed by atoms with E-state index >= 15 is 0 Å². The highest BCUT2D eigenvalue weighted by molar-refractivity contribution is 6.30. The Morgan fingerprint density at radius 1 is 0.974 bits per heavy atom. The van der Waals surface area contributed by atoms with Crippen LogP contribution in [0.2, 0.25) is 5.02 Å². The van der Waals surface area contributed by atoms with Crippen LogP contribution in [0, 0.1) is 22.7 Å². The number of nitrogens with one attached hydrogen (secondary N) is 1. The first-order valence-corrected chi connectivity index (χ1v) is 12.7. The average Bonchev–Trinajstić information content (AvgIpc) is 3.11. The van der Waals surface area contributed by atoms with E-state index in [1.807, 2.05) is 54.6 Å². The minimum absolute atomic E-state index is 0.161. The van der Waals surface area contributed by atoms with Gasteiger partial charge in [0.15, 0.2) is 5.54 Å². The molecule has 8 heteroatoms. The lowest BCUT2D eigenvalue weighted by Crippen LogP contribution is -2.54. The van der Waals surface area contributed by atoms with Gasteiger partial charge < -0.3 is 15.0 Å². The van der Waals surface area contributed by atoms with E-state index in [2.05, 4.69) is 5.32 Å². The summed E-state index contributed by atoms with van der Waals surface area (Å²) in [7, 11) is 0. The molecule has 3 aromatic rings. The molecule has 196 valence electrons. The van der Waals surface area contributed by atoms with E-state index in [-0.39, 0.29) is 18.5 Å². The highest BCUT2D eigenvalue weighted by Crippen LogP contribution is 2.46. The minimum atomic E-state index is -1.65. The van der Waals surface area contributed by atoms with E-state index in [0.717, 1.165) is 5.56 Å². The highest BCUT2D eigenvalue weighted by Gasteiger charge is 2.53. The standard InChI is InChI=1S/C31H27ClN4O3/c1-30(2,3)39-29(38)35-31(17-25(23(18-33)19-34)22-13-15-24(32)16-14-22)26-11-7-8-12-27(26)36(28(31)37)20-21-9-5-4-6-10-21/h4-16H,17,20H2,1-3H3,(H,35,38)/t31-/m1/s1. The lowest BCUT2D eigenvalue weighted by Gasteiger charge is -2.32.